The highest BCUT2D eigenvalue weighted by Crippen LogP contribution is 2.28. The summed E-state index contributed by atoms with van der Waals surface area (Å²) in [6.07, 6.45) is 1.43. The number of aryl methyl sites for hydroxylation is 1. The largest absolute Gasteiger partial charge is 0.482 e. The van der Waals surface area contributed by atoms with E-state index in [0.29, 0.717) is 17.0 Å². The van der Waals surface area contributed by atoms with E-state index in [-0.39, 0.29) is 28.2 Å². The molecule has 3 aromatic rings. The van der Waals surface area contributed by atoms with Crippen LogP contribution in [0.25, 0.3) is 6.08 Å². The summed E-state index contributed by atoms with van der Waals surface area (Å²) in [5.41, 5.74) is 3.72. The van der Waals surface area contributed by atoms with E-state index in [0.717, 1.165) is 16.8 Å². The zero-order valence-corrected chi connectivity index (χ0v) is 21.1. The number of rotatable bonds is 6. The Morgan fingerprint density at radius 1 is 1.08 bits per heavy atom. The second kappa shape index (κ2) is 10.7. The second-order valence-corrected chi connectivity index (χ2v) is 8.86. The fourth-order valence-corrected chi connectivity index (χ4v) is 4.10. The number of nitrogens with one attached hydrogen (secondary N) is 2. The number of benzene rings is 3. The maximum absolute atomic E-state index is 13.1. The molecule has 36 heavy (non-hydrogen) atoms. The van der Waals surface area contributed by atoms with Crippen LogP contribution in [0.3, 0.4) is 0 Å². The molecule has 3 aromatic carbocycles. The molecule has 9 heteroatoms. The summed E-state index contributed by atoms with van der Waals surface area (Å²) in [5.74, 6) is -1.18. The van der Waals surface area contributed by atoms with E-state index in [4.69, 9.17) is 28.6 Å². The summed E-state index contributed by atoms with van der Waals surface area (Å²) < 4.78 is 5.58. The van der Waals surface area contributed by atoms with Crippen LogP contribution in [0.4, 0.5) is 11.4 Å². The van der Waals surface area contributed by atoms with Crippen molar-refractivity contribution in [1.29, 1.82) is 0 Å². The standard InChI is InChI=1S/C27H22ClN3O4S/c1-16-7-6-10-22(17(16)2)29-24(32)15-35-23-12-11-18(14-21(23)28)13-20-25(33)30-27(36)31(26(20)34)19-8-4-3-5-9-19/h3-14H,15H2,1-2H3,(H,29,32)(H,30,33,36)/b20-13-. The van der Waals surface area contributed by atoms with Gasteiger partial charge in [-0.2, -0.15) is 0 Å². The second-order valence-electron chi connectivity index (χ2n) is 8.07. The van der Waals surface area contributed by atoms with Crippen molar-refractivity contribution in [1.82, 2.24) is 5.32 Å². The molecule has 0 radical (unpaired) electrons. The van der Waals surface area contributed by atoms with E-state index >= 15 is 0 Å². The summed E-state index contributed by atoms with van der Waals surface area (Å²) in [7, 11) is 0. The van der Waals surface area contributed by atoms with Crippen molar-refractivity contribution < 1.29 is 19.1 Å². The average Bonchev–Trinajstić information content (AvgIpc) is 2.84. The SMILES string of the molecule is Cc1cccc(NC(=O)COc2ccc(/C=C3/C(=O)NC(=S)N(c4ccccc4)C3=O)cc2Cl)c1C. The van der Waals surface area contributed by atoms with Crippen LogP contribution in [0.2, 0.25) is 5.02 Å². The molecular formula is C27H22ClN3O4S. The molecule has 3 amide bonds. The van der Waals surface area contributed by atoms with Gasteiger partial charge < -0.3 is 10.1 Å². The van der Waals surface area contributed by atoms with E-state index in [1.807, 2.05) is 38.1 Å². The van der Waals surface area contributed by atoms with Crippen LogP contribution in [0.5, 0.6) is 5.75 Å². The van der Waals surface area contributed by atoms with Crippen molar-refractivity contribution in [2.45, 2.75) is 13.8 Å². The Labute approximate surface area is 218 Å². The molecule has 4 rings (SSSR count). The lowest BCUT2D eigenvalue weighted by atomic mass is 10.1. The van der Waals surface area contributed by atoms with Crippen molar-refractivity contribution >= 4 is 64.1 Å². The van der Waals surface area contributed by atoms with Gasteiger partial charge in [-0.15, -0.1) is 0 Å². The Kier molecular flexibility index (Phi) is 7.47. The first-order chi connectivity index (χ1) is 17.2. The first-order valence-corrected chi connectivity index (χ1v) is 11.8. The van der Waals surface area contributed by atoms with Crippen molar-refractivity contribution in [3.63, 3.8) is 0 Å². The van der Waals surface area contributed by atoms with Gasteiger partial charge in [-0.05, 0) is 79.2 Å². The van der Waals surface area contributed by atoms with Gasteiger partial charge in [0.2, 0.25) is 0 Å². The van der Waals surface area contributed by atoms with Gasteiger partial charge in [0.1, 0.15) is 11.3 Å². The predicted molar refractivity (Wildman–Crippen MR) is 144 cm³/mol. The van der Waals surface area contributed by atoms with E-state index in [9.17, 15) is 14.4 Å². The van der Waals surface area contributed by atoms with E-state index in [1.54, 1.807) is 42.5 Å². The molecule has 0 saturated carbocycles. The Balaban J connectivity index is 1.47. The molecular weight excluding hydrogens is 498 g/mol. The molecule has 1 heterocycles. The van der Waals surface area contributed by atoms with Crippen molar-refractivity contribution in [2.75, 3.05) is 16.8 Å². The van der Waals surface area contributed by atoms with Gasteiger partial charge in [0.15, 0.2) is 11.7 Å². The maximum Gasteiger partial charge on any atom is 0.270 e. The monoisotopic (exact) mass is 519 g/mol. The Morgan fingerprint density at radius 2 is 1.83 bits per heavy atom. The van der Waals surface area contributed by atoms with Gasteiger partial charge in [0, 0.05) is 5.69 Å². The van der Waals surface area contributed by atoms with Gasteiger partial charge >= 0.3 is 0 Å². The van der Waals surface area contributed by atoms with Crippen LogP contribution in [-0.4, -0.2) is 29.4 Å². The number of hydrogen-bond donors (Lipinski definition) is 2. The number of thiocarbonyl (C=S) groups is 1. The number of amides is 3. The molecule has 0 aliphatic carbocycles. The van der Waals surface area contributed by atoms with Crippen LogP contribution in [0.15, 0.2) is 72.3 Å². The van der Waals surface area contributed by atoms with E-state index < -0.39 is 11.8 Å². The molecule has 1 aliphatic heterocycles. The van der Waals surface area contributed by atoms with Crippen molar-refractivity contribution in [3.8, 4) is 5.75 Å². The summed E-state index contributed by atoms with van der Waals surface area (Å²) in [6, 6.07) is 19.2. The third-order valence-corrected chi connectivity index (χ3v) is 6.20. The van der Waals surface area contributed by atoms with Crippen LogP contribution >= 0.6 is 23.8 Å². The molecule has 0 atom stereocenters. The third-order valence-electron chi connectivity index (χ3n) is 5.62. The number of anilines is 2. The quantitative estimate of drug-likeness (QED) is 0.277. The number of para-hydroxylation sites is 1. The van der Waals surface area contributed by atoms with E-state index in [1.165, 1.54) is 11.0 Å². The van der Waals surface area contributed by atoms with Crippen LogP contribution in [-0.2, 0) is 14.4 Å². The lowest BCUT2D eigenvalue weighted by molar-refractivity contribution is -0.122. The number of nitrogens with zero attached hydrogens (tertiary/aromatic N) is 1. The van der Waals surface area contributed by atoms with Crippen molar-refractivity contribution in [2.24, 2.45) is 0 Å². The molecule has 1 saturated heterocycles. The summed E-state index contributed by atoms with van der Waals surface area (Å²) in [6.45, 7) is 3.66. The molecule has 1 fully saturated rings. The lowest BCUT2D eigenvalue weighted by Gasteiger charge is -2.28. The maximum atomic E-state index is 13.1. The van der Waals surface area contributed by atoms with Gasteiger partial charge in [-0.25, -0.2) is 0 Å². The smallest absolute Gasteiger partial charge is 0.270 e. The fourth-order valence-electron chi connectivity index (χ4n) is 3.58. The van der Waals surface area contributed by atoms with Gasteiger partial charge in [-0.3, -0.25) is 24.6 Å². The number of carbonyl (C=O) groups excluding carboxylic acids is 3. The molecule has 1 aliphatic rings. The summed E-state index contributed by atoms with van der Waals surface area (Å²) >= 11 is 11.6. The van der Waals surface area contributed by atoms with Crippen LogP contribution in [0, 0.1) is 13.8 Å². The van der Waals surface area contributed by atoms with Gasteiger partial charge in [0.05, 0.1) is 10.7 Å². The summed E-state index contributed by atoms with van der Waals surface area (Å²) in [5, 5.41) is 5.60. The first-order valence-electron chi connectivity index (χ1n) is 11.0. The van der Waals surface area contributed by atoms with E-state index in [2.05, 4.69) is 10.6 Å². The Hall–Kier alpha value is -4.01. The highest BCUT2D eigenvalue weighted by atomic mass is 35.5. The highest BCUT2D eigenvalue weighted by Gasteiger charge is 2.34. The highest BCUT2D eigenvalue weighted by molar-refractivity contribution is 7.80. The average molecular weight is 520 g/mol. The molecule has 0 unspecified atom stereocenters. The van der Waals surface area contributed by atoms with Crippen LogP contribution < -0.4 is 20.3 Å². The molecule has 7 nitrogen and oxygen atoms in total. The third kappa shape index (κ3) is 5.45. The fraction of sp³-hybridized carbons (Fsp3) is 0.111. The Morgan fingerprint density at radius 3 is 2.56 bits per heavy atom. The zero-order valence-electron chi connectivity index (χ0n) is 19.5. The lowest BCUT2D eigenvalue weighted by Crippen LogP contribution is -2.54. The number of carbonyl (C=O) groups is 3. The first kappa shape index (κ1) is 25.1. The number of halogens is 1. The molecule has 182 valence electrons. The molecule has 0 aromatic heterocycles. The number of hydrogen-bond acceptors (Lipinski definition) is 5. The topological polar surface area (TPSA) is 87.7 Å². The minimum absolute atomic E-state index is 0.00858. The van der Waals surface area contributed by atoms with Gasteiger partial charge in [-0.1, -0.05) is 48.0 Å². The molecule has 0 bridgehead atoms. The summed E-state index contributed by atoms with van der Waals surface area (Å²) in [4.78, 5) is 39.2. The molecule has 2 N–H and O–H groups in total. The molecule has 0 spiro atoms. The zero-order chi connectivity index (χ0) is 25.8. The Bertz CT molecular complexity index is 1410. The minimum atomic E-state index is -0.600. The number of ether oxygens (including phenoxy) is 1. The van der Waals surface area contributed by atoms with Crippen molar-refractivity contribution in [3.05, 3.63) is 94.0 Å². The van der Waals surface area contributed by atoms with Gasteiger partial charge in [0.25, 0.3) is 17.7 Å². The van der Waals surface area contributed by atoms with Crippen LogP contribution in [0.1, 0.15) is 16.7 Å². The minimum Gasteiger partial charge on any atom is -0.482 e. The predicted octanol–water partition coefficient (Wildman–Crippen LogP) is 4.81. The normalized spacial score (nSPS) is 14.6.